The van der Waals surface area contributed by atoms with Gasteiger partial charge in [0.1, 0.15) is 0 Å². The average Bonchev–Trinajstić information content (AvgIpc) is 3.33. The van der Waals surface area contributed by atoms with E-state index >= 15 is 0 Å². The molecule has 2 heterocycles. The molecular formula is C29H28ClF3N4O2. The quantitative estimate of drug-likeness (QED) is 0.424. The normalized spacial score (nSPS) is 17.6. The topological polar surface area (TPSA) is 65.5 Å². The Morgan fingerprint density at radius 1 is 1.05 bits per heavy atom. The zero-order valence-corrected chi connectivity index (χ0v) is 22.1. The second-order valence-electron chi connectivity index (χ2n) is 9.98. The zero-order chi connectivity index (χ0) is 27.7. The summed E-state index contributed by atoms with van der Waals surface area (Å²) in [5, 5.41) is 2.46. The number of carbonyl (C=O) groups is 2. The number of fused-ring (bicyclic) bond motifs is 1. The van der Waals surface area contributed by atoms with Crippen molar-refractivity contribution < 1.29 is 22.8 Å². The predicted molar refractivity (Wildman–Crippen MR) is 143 cm³/mol. The van der Waals surface area contributed by atoms with Crippen molar-refractivity contribution in [2.75, 3.05) is 25.0 Å². The maximum atomic E-state index is 13.5. The number of halogens is 4. The Labute approximate surface area is 229 Å². The highest BCUT2D eigenvalue weighted by Crippen LogP contribution is 2.37. The fourth-order valence-electron chi connectivity index (χ4n) is 5.56. The highest BCUT2D eigenvalue weighted by atomic mass is 35.5. The first-order valence-corrected chi connectivity index (χ1v) is 13.2. The van der Waals surface area contributed by atoms with Gasteiger partial charge in [0.25, 0.3) is 11.8 Å². The van der Waals surface area contributed by atoms with Gasteiger partial charge in [-0.3, -0.25) is 14.6 Å². The number of nitrogens with zero attached hydrogens (tertiary/aromatic N) is 3. The average molecular weight is 557 g/mol. The van der Waals surface area contributed by atoms with E-state index in [4.69, 9.17) is 11.6 Å². The predicted octanol–water partition coefficient (Wildman–Crippen LogP) is 5.91. The molecular weight excluding hydrogens is 529 g/mol. The largest absolute Gasteiger partial charge is 0.417 e. The molecule has 2 aromatic carbocycles. The molecule has 5 rings (SSSR count). The van der Waals surface area contributed by atoms with Crippen LogP contribution in [0, 0.1) is 0 Å². The summed E-state index contributed by atoms with van der Waals surface area (Å²) in [7, 11) is 1.83. The Hall–Kier alpha value is -3.59. The summed E-state index contributed by atoms with van der Waals surface area (Å²) in [4.78, 5) is 34.4. The van der Waals surface area contributed by atoms with Gasteiger partial charge in [0, 0.05) is 49.8 Å². The molecule has 1 unspecified atom stereocenters. The number of carbonyl (C=O) groups excluding carboxylic acids is 2. The van der Waals surface area contributed by atoms with Gasteiger partial charge in [0.05, 0.1) is 22.2 Å². The van der Waals surface area contributed by atoms with E-state index in [1.165, 1.54) is 12.1 Å². The molecule has 3 aromatic rings. The van der Waals surface area contributed by atoms with Crippen LogP contribution in [0.1, 0.15) is 62.7 Å². The van der Waals surface area contributed by atoms with E-state index in [0.29, 0.717) is 18.4 Å². The van der Waals surface area contributed by atoms with E-state index in [2.05, 4.69) is 15.2 Å². The van der Waals surface area contributed by atoms with Gasteiger partial charge in [0.15, 0.2) is 0 Å². The molecule has 0 bridgehead atoms. The molecule has 39 heavy (non-hydrogen) atoms. The molecule has 6 nitrogen and oxygen atoms in total. The van der Waals surface area contributed by atoms with Gasteiger partial charge in [0.2, 0.25) is 0 Å². The third-order valence-corrected chi connectivity index (χ3v) is 7.99. The molecule has 0 saturated carbocycles. The summed E-state index contributed by atoms with van der Waals surface area (Å²) in [6.07, 6.45) is 1.67. The summed E-state index contributed by atoms with van der Waals surface area (Å²) >= 11 is 6.00. The first-order chi connectivity index (χ1) is 18.6. The number of amides is 2. The van der Waals surface area contributed by atoms with Gasteiger partial charge in [-0.2, -0.15) is 13.2 Å². The van der Waals surface area contributed by atoms with Crippen LogP contribution in [-0.4, -0.2) is 47.9 Å². The molecule has 1 aliphatic heterocycles. The number of hydrogen-bond donors (Lipinski definition) is 1. The van der Waals surface area contributed by atoms with Crippen molar-refractivity contribution in [1.29, 1.82) is 0 Å². The molecule has 1 saturated heterocycles. The molecule has 1 atom stereocenters. The van der Waals surface area contributed by atoms with Crippen LogP contribution in [0.25, 0.3) is 0 Å². The Balaban J connectivity index is 1.25. The van der Waals surface area contributed by atoms with Crippen LogP contribution in [-0.2, 0) is 12.6 Å². The van der Waals surface area contributed by atoms with Crippen molar-refractivity contribution in [2.45, 2.75) is 43.9 Å². The molecule has 0 spiro atoms. The van der Waals surface area contributed by atoms with Crippen LogP contribution >= 0.6 is 11.6 Å². The zero-order valence-electron chi connectivity index (χ0n) is 21.3. The molecule has 0 radical (unpaired) electrons. The van der Waals surface area contributed by atoms with Crippen LogP contribution < -0.4 is 10.2 Å². The van der Waals surface area contributed by atoms with Gasteiger partial charge in [-0.15, -0.1) is 0 Å². The van der Waals surface area contributed by atoms with Gasteiger partial charge in [-0.25, -0.2) is 0 Å². The number of hydrogen-bond acceptors (Lipinski definition) is 4. The van der Waals surface area contributed by atoms with Crippen LogP contribution in [0.2, 0.25) is 5.02 Å². The number of aromatic nitrogens is 1. The second kappa shape index (κ2) is 10.9. The molecule has 204 valence electrons. The van der Waals surface area contributed by atoms with Crippen LogP contribution in [0.5, 0.6) is 0 Å². The molecule has 10 heteroatoms. The lowest BCUT2D eigenvalue weighted by molar-refractivity contribution is -0.137. The second-order valence-corrected chi connectivity index (χ2v) is 10.4. The molecule has 1 aliphatic carbocycles. The highest BCUT2D eigenvalue weighted by Gasteiger charge is 2.37. The van der Waals surface area contributed by atoms with Gasteiger partial charge in [-0.05, 0) is 73.2 Å². The lowest BCUT2D eigenvalue weighted by atomic mass is 10.00. The van der Waals surface area contributed by atoms with Gasteiger partial charge in [-0.1, -0.05) is 23.7 Å². The van der Waals surface area contributed by atoms with E-state index in [9.17, 15) is 22.8 Å². The fourth-order valence-corrected chi connectivity index (χ4v) is 5.82. The number of nitrogens with one attached hydrogen (secondary N) is 1. The van der Waals surface area contributed by atoms with Crippen LogP contribution in [0.15, 0.2) is 60.9 Å². The summed E-state index contributed by atoms with van der Waals surface area (Å²) in [6, 6.07) is 12.3. The molecule has 1 fully saturated rings. The third kappa shape index (κ3) is 5.59. The molecule has 2 aliphatic rings. The number of aryl methyl sites for hydroxylation is 1. The Bertz CT molecular complexity index is 1370. The van der Waals surface area contributed by atoms with Crippen LogP contribution in [0.3, 0.4) is 0 Å². The van der Waals surface area contributed by atoms with Crippen molar-refractivity contribution in [3.05, 3.63) is 93.8 Å². The lowest BCUT2D eigenvalue weighted by Gasteiger charge is -2.37. The lowest BCUT2D eigenvalue weighted by Crippen LogP contribution is -2.45. The number of pyridine rings is 1. The SMILES string of the molecule is CN(C(=O)c1ccc2c(c1)CCC2NC(=O)c1c(Cl)cccc1C(F)(F)F)C1CCN(c2ccncc2)CC1. The maximum Gasteiger partial charge on any atom is 0.417 e. The number of rotatable bonds is 5. The van der Waals surface area contributed by atoms with Crippen LogP contribution in [0.4, 0.5) is 18.9 Å². The molecule has 1 N–H and O–H groups in total. The van der Waals surface area contributed by atoms with Crippen molar-refractivity contribution in [3.8, 4) is 0 Å². The van der Waals surface area contributed by atoms with E-state index in [1.54, 1.807) is 29.4 Å². The fraction of sp³-hybridized carbons (Fsp3) is 0.345. The van der Waals surface area contributed by atoms with Gasteiger partial charge < -0.3 is 15.1 Å². The summed E-state index contributed by atoms with van der Waals surface area (Å²) < 4.78 is 40.4. The van der Waals surface area contributed by atoms with E-state index in [-0.39, 0.29) is 17.0 Å². The number of alkyl halides is 3. The van der Waals surface area contributed by atoms with Gasteiger partial charge >= 0.3 is 6.18 Å². The van der Waals surface area contributed by atoms with Crippen molar-refractivity contribution >= 4 is 29.1 Å². The first kappa shape index (κ1) is 27.0. The summed E-state index contributed by atoms with van der Waals surface area (Å²) in [5.74, 6) is -0.942. The minimum Gasteiger partial charge on any atom is -0.371 e. The molecule has 2 amide bonds. The van der Waals surface area contributed by atoms with E-state index < -0.39 is 29.3 Å². The van der Waals surface area contributed by atoms with E-state index in [1.807, 2.05) is 25.2 Å². The van der Waals surface area contributed by atoms with E-state index in [0.717, 1.165) is 48.8 Å². The summed E-state index contributed by atoms with van der Waals surface area (Å²) in [5.41, 5.74) is 1.74. The standard InChI is InChI=1S/C29H28ClF3N4O2/c1-36(20-11-15-37(16-12-20)21-9-13-34-14-10-21)28(39)19-5-7-22-18(17-19)6-8-25(22)35-27(38)26-23(29(31,32)33)3-2-4-24(26)30/h2-5,7,9-10,13-14,17,20,25H,6,8,11-12,15-16H2,1H3,(H,35,38). The third-order valence-electron chi connectivity index (χ3n) is 7.68. The van der Waals surface area contributed by atoms with Crippen molar-refractivity contribution in [2.24, 2.45) is 0 Å². The Morgan fingerprint density at radius 3 is 2.46 bits per heavy atom. The maximum absolute atomic E-state index is 13.5. The number of benzene rings is 2. The highest BCUT2D eigenvalue weighted by molar-refractivity contribution is 6.34. The first-order valence-electron chi connectivity index (χ1n) is 12.8. The Kier molecular flexibility index (Phi) is 7.53. The number of anilines is 1. The minimum atomic E-state index is -4.71. The molecule has 1 aromatic heterocycles. The summed E-state index contributed by atoms with van der Waals surface area (Å²) in [6.45, 7) is 1.69. The van der Waals surface area contributed by atoms with Crippen molar-refractivity contribution in [1.82, 2.24) is 15.2 Å². The smallest absolute Gasteiger partial charge is 0.371 e. The number of piperidine rings is 1. The monoisotopic (exact) mass is 556 g/mol. The minimum absolute atomic E-state index is 0.0708. The Morgan fingerprint density at radius 2 is 1.77 bits per heavy atom. The van der Waals surface area contributed by atoms with Crippen molar-refractivity contribution in [3.63, 3.8) is 0 Å².